The molecule has 2 N–H and O–H groups in total. The number of hydrogen-bond donors (Lipinski definition) is 1. The van der Waals surface area contributed by atoms with Crippen molar-refractivity contribution in [3.8, 4) is 17.2 Å². The molecule has 0 unspecified atom stereocenters. The topological polar surface area (TPSA) is 44.5 Å². The lowest BCUT2D eigenvalue weighted by Gasteiger charge is -2.12. The third-order valence-electron chi connectivity index (χ3n) is 2.71. The van der Waals surface area contributed by atoms with Crippen molar-refractivity contribution < 1.29 is 9.47 Å². The largest absolute Gasteiger partial charge is 0.497 e. The molecule has 3 nitrogen and oxygen atoms in total. The number of benzene rings is 2. The molecule has 0 saturated heterocycles. The van der Waals surface area contributed by atoms with Crippen LogP contribution in [0.4, 0.5) is 0 Å². The van der Waals surface area contributed by atoms with E-state index in [1.54, 1.807) is 13.2 Å². The Morgan fingerprint density at radius 3 is 2.63 bits per heavy atom. The number of rotatable bonds is 5. The molecule has 0 spiro atoms. The van der Waals surface area contributed by atoms with E-state index in [0.717, 1.165) is 23.5 Å². The average molecular weight is 278 g/mol. The molecule has 2 aromatic carbocycles. The van der Waals surface area contributed by atoms with Gasteiger partial charge in [-0.25, -0.2) is 0 Å². The molecule has 0 aliphatic rings. The van der Waals surface area contributed by atoms with Crippen molar-refractivity contribution in [2.45, 2.75) is 6.42 Å². The molecule has 0 radical (unpaired) electrons. The summed E-state index contributed by atoms with van der Waals surface area (Å²) in [5, 5.41) is 0.638. The second-order valence-corrected chi connectivity index (χ2v) is 4.51. The van der Waals surface area contributed by atoms with Crippen LogP contribution in [0.3, 0.4) is 0 Å². The minimum atomic E-state index is 0.566. The van der Waals surface area contributed by atoms with E-state index in [0.29, 0.717) is 17.3 Å². The maximum atomic E-state index is 6.01. The van der Waals surface area contributed by atoms with Crippen molar-refractivity contribution in [2.75, 3.05) is 13.7 Å². The lowest BCUT2D eigenvalue weighted by Crippen LogP contribution is -2.04. The van der Waals surface area contributed by atoms with E-state index in [1.165, 1.54) is 0 Å². The first-order chi connectivity index (χ1) is 9.22. The third kappa shape index (κ3) is 3.63. The van der Waals surface area contributed by atoms with Gasteiger partial charge in [-0.2, -0.15) is 0 Å². The third-order valence-corrected chi connectivity index (χ3v) is 2.95. The quantitative estimate of drug-likeness (QED) is 0.907. The van der Waals surface area contributed by atoms with Crippen LogP contribution in [0.1, 0.15) is 5.56 Å². The van der Waals surface area contributed by atoms with Gasteiger partial charge in [-0.1, -0.05) is 23.7 Å². The van der Waals surface area contributed by atoms with Crippen LogP contribution in [-0.4, -0.2) is 13.7 Å². The minimum absolute atomic E-state index is 0.566. The zero-order valence-corrected chi connectivity index (χ0v) is 11.5. The first-order valence-corrected chi connectivity index (χ1v) is 6.41. The van der Waals surface area contributed by atoms with Crippen LogP contribution in [0.5, 0.6) is 17.2 Å². The van der Waals surface area contributed by atoms with Crippen molar-refractivity contribution >= 4 is 11.6 Å². The Morgan fingerprint density at radius 2 is 1.89 bits per heavy atom. The van der Waals surface area contributed by atoms with Gasteiger partial charge in [-0.3, -0.25) is 0 Å². The fourth-order valence-corrected chi connectivity index (χ4v) is 1.94. The Balaban J connectivity index is 2.28. The average Bonchev–Trinajstić information content (AvgIpc) is 2.42. The highest BCUT2D eigenvalue weighted by molar-refractivity contribution is 6.30. The molecule has 0 aromatic heterocycles. The smallest absolute Gasteiger partial charge is 0.132 e. The van der Waals surface area contributed by atoms with Crippen molar-refractivity contribution in [1.82, 2.24) is 0 Å². The van der Waals surface area contributed by atoms with Crippen molar-refractivity contribution in [3.05, 3.63) is 53.1 Å². The number of methoxy groups -OCH3 is 1. The van der Waals surface area contributed by atoms with Gasteiger partial charge in [0.05, 0.1) is 7.11 Å². The fourth-order valence-electron chi connectivity index (χ4n) is 1.78. The van der Waals surface area contributed by atoms with Crippen molar-refractivity contribution in [2.24, 2.45) is 5.73 Å². The summed E-state index contributed by atoms with van der Waals surface area (Å²) in [5.41, 5.74) is 6.63. The van der Waals surface area contributed by atoms with E-state index in [9.17, 15) is 0 Å². The molecule has 0 saturated carbocycles. The molecule has 0 aliphatic heterocycles. The number of nitrogens with two attached hydrogens (primary N) is 1. The monoisotopic (exact) mass is 277 g/mol. The molecule has 100 valence electrons. The van der Waals surface area contributed by atoms with E-state index in [4.69, 9.17) is 26.8 Å². The van der Waals surface area contributed by atoms with Crippen LogP contribution >= 0.6 is 11.6 Å². The Kier molecular flexibility index (Phi) is 4.66. The van der Waals surface area contributed by atoms with Crippen molar-refractivity contribution in [1.29, 1.82) is 0 Å². The normalized spacial score (nSPS) is 10.3. The van der Waals surface area contributed by atoms with E-state index in [1.807, 2.05) is 36.4 Å². The van der Waals surface area contributed by atoms with Gasteiger partial charge in [-0.15, -0.1) is 0 Å². The van der Waals surface area contributed by atoms with Gasteiger partial charge in [0.2, 0.25) is 0 Å². The van der Waals surface area contributed by atoms with Gasteiger partial charge >= 0.3 is 0 Å². The summed E-state index contributed by atoms with van der Waals surface area (Å²) in [5.74, 6) is 2.19. The van der Waals surface area contributed by atoms with Gasteiger partial charge in [0.1, 0.15) is 17.2 Å². The fraction of sp³-hybridized carbons (Fsp3) is 0.200. The predicted molar refractivity (Wildman–Crippen MR) is 77.3 cm³/mol. The highest BCUT2D eigenvalue weighted by Crippen LogP contribution is 2.30. The van der Waals surface area contributed by atoms with Gasteiger partial charge in [0.15, 0.2) is 0 Å². The number of hydrogen-bond acceptors (Lipinski definition) is 3. The number of ether oxygens (including phenoxy) is 2. The summed E-state index contributed by atoms with van der Waals surface area (Å²) in [6.07, 6.45) is 0.746. The van der Waals surface area contributed by atoms with Crippen molar-refractivity contribution in [3.63, 3.8) is 0 Å². The lowest BCUT2D eigenvalue weighted by molar-refractivity contribution is 0.408. The SMILES string of the molecule is COc1cccc(Oc2cc(Cl)ccc2CCN)c1. The Morgan fingerprint density at radius 1 is 1.11 bits per heavy atom. The van der Waals surface area contributed by atoms with E-state index in [-0.39, 0.29) is 0 Å². The lowest BCUT2D eigenvalue weighted by atomic mass is 10.1. The zero-order chi connectivity index (χ0) is 13.7. The van der Waals surface area contributed by atoms with Crippen LogP contribution in [0.15, 0.2) is 42.5 Å². The molecule has 0 aliphatic carbocycles. The molecule has 0 atom stereocenters. The van der Waals surface area contributed by atoms with Crippen LogP contribution in [-0.2, 0) is 6.42 Å². The summed E-state index contributed by atoms with van der Waals surface area (Å²) in [4.78, 5) is 0. The van der Waals surface area contributed by atoms with Crippen LogP contribution in [0, 0.1) is 0 Å². The second kappa shape index (κ2) is 6.45. The molecule has 0 heterocycles. The van der Waals surface area contributed by atoms with E-state index in [2.05, 4.69) is 0 Å². The Bertz CT molecular complexity index is 558. The Hall–Kier alpha value is -1.71. The molecule has 0 fully saturated rings. The summed E-state index contributed by atoms with van der Waals surface area (Å²) in [7, 11) is 1.62. The van der Waals surface area contributed by atoms with Gasteiger partial charge < -0.3 is 15.2 Å². The first-order valence-electron chi connectivity index (χ1n) is 6.03. The molecule has 19 heavy (non-hydrogen) atoms. The molecular formula is C15H16ClNO2. The van der Waals surface area contributed by atoms with Crippen LogP contribution < -0.4 is 15.2 Å². The Labute approximate surface area is 117 Å². The maximum Gasteiger partial charge on any atom is 0.132 e. The molecule has 0 amide bonds. The molecule has 2 rings (SSSR count). The molecule has 4 heteroatoms. The van der Waals surface area contributed by atoms with Gasteiger partial charge in [0.25, 0.3) is 0 Å². The van der Waals surface area contributed by atoms with Gasteiger partial charge in [-0.05, 0) is 42.8 Å². The molecule has 2 aromatic rings. The van der Waals surface area contributed by atoms with Gasteiger partial charge in [0, 0.05) is 11.1 Å². The van der Waals surface area contributed by atoms with E-state index < -0.39 is 0 Å². The summed E-state index contributed by atoms with van der Waals surface area (Å²) in [6, 6.07) is 13.0. The zero-order valence-electron chi connectivity index (χ0n) is 10.7. The van der Waals surface area contributed by atoms with E-state index >= 15 is 0 Å². The molecule has 0 bridgehead atoms. The van der Waals surface area contributed by atoms with Crippen LogP contribution in [0.25, 0.3) is 0 Å². The first kappa shape index (κ1) is 13.7. The summed E-state index contributed by atoms with van der Waals surface area (Å²) in [6.45, 7) is 0.566. The summed E-state index contributed by atoms with van der Waals surface area (Å²) >= 11 is 6.01. The number of halogens is 1. The van der Waals surface area contributed by atoms with Crippen LogP contribution in [0.2, 0.25) is 5.02 Å². The predicted octanol–water partition coefficient (Wildman–Crippen LogP) is 3.64. The second-order valence-electron chi connectivity index (χ2n) is 4.07. The highest BCUT2D eigenvalue weighted by atomic mass is 35.5. The minimum Gasteiger partial charge on any atom is -0.497 e. The maximum absolute atomic E-state index is 6.01. The molecular weight excluding hydrogens is 262 g/mol. The standard InChI is InChI=1S/C15H16ClNO2/c1-18-13-3-2-4-14(10-13)19-15-9-12(16)6-5-11(15)7-8-17/h2-6,9-10H,7-8,17H2,1H3. The highest BCUT2D eigenvalue weighted by Gasteiger charge is 2.06. The summed E-state index contributed by atoms with van der Waals surface area (Å²) < 4.78 is 11.0.